The minimum Gasteiger partial charge on any atom is -0.480 e. The summed E-state index contributed by atoms with van der Waals surface area (Å²) in [7, 11) is 0. The summed E-state index contributed by atoms with van der Waals surface area (Å²) in [6.07, 6.45) is 1.17. The van der Waals surface area contributed by atoms with Crippen molar-refractivity contribution in [3.8, 4) is 0 Å². The molecular formula is C15H21N5O5S. The summed E-state index contributed by atoms with van der Waals surface area (Å²) in [4.78, 5) is 31.9. The topological polar surface area (TPSA) is 177 Å². The minimum absolute atomic E-state index is 0.309. The van der Waals surface area contributed by atoms with Gasteiger partial charge in [0.2, 0.25) is 0 Å². The average molecular weight is 383 g/mol. The molecule has 0 amide bonds. The molecular weight excluding hydrogens is 362 g/mol. The van der Waals surface area contributed by atoms with Crippen LogP contribution in [-0.4, -0.2) is 72.0 Å². The Hall–Kier alpha value is -1.92. The van der Waals surface area contributed by atoms with Gasteiger partial charge in [-0.3, -0.25) is 9.59 Å². The van der Waals surface area contributed by atoms with Gasteiger partial charge in [0.1, 0.15) is 23.2 Å². The zero-order valence-electron chi connectivity index (χ0n) is 13.8. The number of nitrogens with one attached hydrogen (secondary N) is 3. The summed E-state index contributed by atoms with van der Waals surface area (Å²) in [5.74, 6) is -0.0254. The fourth-order valence-corrected chi connectivity index (χ4v) is 4.17. The van der Waals surface area contributed by atoms with Gasteiger partial charge in [-0.1, -0.05) is 0 Å². The zero-order valence-corrected chi connectivity index (χ0v) is 14.6. The van der Waals surface area contributed by atoms with Crippen LogP contribution in [0.3, 0.4) is 0 Å². The number of aromatic amines is 2. The van der Waals surface area contributed by atoms with Crippen LogP contribution in [0.4, 0.5) is 0 Å². The SMILES string of the molecule is N[C@@H](CCSC[C@H]1N[C@@H](c2c[nH]c3c(=O)[nH]cnc23)[C@H](O)[C@@H]1O)C(=O)O. The molecule has 2 aromatic rings. The number of carboxylic acids is 1. The molecule has 3 heterocycles. The molecule has 1 aliphatic rings. The van der Waals surface area contributed by atoms with Crippen molar-refractivity contribution in [2.24, 2.45) is 5.73 Å². The Balaban J connectivity index is 1.65. The fraction of sp³-hybridized carbons (Fsp3) is 0.533. The quantitative estimate of drug-likeness (QED) is 0.281. The molecule has 0 aliphatic carbocycles. The van der Waals surface area contributed by atoms with Crippen molar-refractivity contribution in [2.45, 2.75) is 36.8 Å². The molecule has 0 radical (unpaired) electrons. The van der Waals surface area contributed by atoms with Crippen LogP contribution in [0.2, 0.25) is 0 Å². The fourth-order valence-electron chi connectivity index (χ4n) is 3.04. The number of nitrogens with two attached hydrogens (primary N) is 1. The molecule has 0 bridgehead atoms. The summed E-state index contributed by atoms with van der Waals surface area (Å²) in [5.41, 5.74) is 6.51. The van der Waals surface area contributed by atoms with E-state index in [0.717, 1.165) is 0 Å². The summed E-state index contributed by atoms with van der Waals surface area (Å²) in [6.45, 7) is 0. The molecule has 10 nitrogen and oxygen atoms in total. The van der Waals surface area contributed by atoms with Crippen LogP contribution in [0.25, 0.3) is 11.0 Å². The van der Waals surface area contributed by atoms with E-state index in [9.17, 15) is 19.8 Å². The van der Waals surface area contributed by atoms with Crippen molar-refractivity contribution in [3.63, 3.8) is 0 Å². The molecule has 5 atom stereocenters. The third-order valence-electron chi connectivity index (χ3n) is 4.52. The van der Waals surface area contributed by atoms with Gasteiger partial charge in [0.25, 0.3) is 5.56 Å². The van der Waals surface area contributed by atoms with E-state index in [0.29, 0.717) is 34.5 Å². The van der Waals surface area contributed by atoms with Gasteiger partial charge in [-0.25, -0.2) is 4.98 Å². The van der Waals surface area contributed by atoms with Crippen LogP contribution in [-0.2, 0) is 4.79 Å². The van der Waals surface area contributed by atoms with E-state index in [1.54, 1.807) is 6.20 Å². The first-order chi connectivity index (χ1) is 12.4. The van der Waals surface area contributed by atoms with Gasteiger partial charge in [0.15, 0.2) is 0 Å². The second kappa shape index (κ2) is 7.76. The number of hydrogen-bond acceptors (Lipinski definition) is 8. The van der Waals surface area contributed by atoms with E-state index < -0.39 is 30.3 Å². The molecule has 0 aromatic carbocycles. The number of aliphatic hydroxyl groups excluding tert-OH is 2. The molecule has 1 aliphatic heterocycles. The highest BCUT2D eigenvalue weighted by Gasteiger charge is 2.42. The van der Waals surface area contributed by atoms with Gasteiger partial charge in [0, 0.05) is 23.6 Å². The lowest BCUT2D eigenvalue weighted by Crippen LogP contribution is -2.35. The lowest BCUT2D eigenvalue weighted by molar-refractivity contribution is -0.138. The van der Waals surface area contributed by atoms with Crippen molar-refractivity contribution >= 4 is 28.8 Å². The molecule has 26 heavy (non-hydrogen) atoms. The normalized spacial score (nSPS) is 27.0. The van der Waals surface area contributed by atoms with Gasteiger partial charge in [-0.15, -0.1) is 0 Å². The van der Waals surface area contributed by atoms with E-state index in [2.05, 4.69) is 20.3 Å². The number of nitrogens with zero attached hydrogens (tertiary/aromatic N) is 1. The largest absolute Gasteiger partial charge is 0.480 e. The monoisotopic (exact) mass is 383 g/mol. The Bertz CT molecular complexity index is 839. The van der Waals surface area contributed by atoms with Gasteiger partial charge in [-0.2, -0.15) is 11.8 Å². The van der Waals surface area contributed by atoms with Crippen LogP contribution < -0.4 is 16.6 Å². The lowest BCUT2D eigenvalue weighted by Gasteiger charge is -2.15. The Kier molecular flexibility index (Phi) is 5.63. The third kappa shape index (κ3) is 3.62. The van der Waals surface area contributed by atoms with Gasteiger partial charge < -0.3 is 36.3 Å². The minimum atomic E-state index is -1.05. The smallest absolute Gasteiger partial charge is 0.320 e. The first kappa shape index (κ1) is 18.9. The molecule has 142 valence electrons. The Labute approximate surface area is 152 Å². The van der Waals surface area contributed by atoms with E-state index in [-0.39, 0.29) is 11.6 Å². The van der Waals surface area contributed by atoms with Crippen LogP contribution in [0, 0.1) is 0 Å². The summed E-state index contributed by atoms with van der Waals surface area (Å²) < 4.78 is 0. The molecule has 11 heteroatoms. The number of aliphatic carboxylic acids is 1. The predicted molar refractivity (Wildman–Crippen MR) is 95.9 cm³/mol. The van der Waals surface area contributed by atoms with E-state index in [4.69, 9.17) is 10.8 Å². The molecule has 1 saturated heterocycles. The summed E-state index contributed by atoms with van der Waals surface area (Å²) in [5, 5.41) is 32.6. The number of rotatable bonds is 7. The standard InChI is InChI=1S/C15H21N5O5S/c16-7(15(24)25)1-2-26-4-8-12(21)13(22)10(20-8)6-3-17-11-9(6)18-5-19-14(11)23/h3,5,7-8,10,12-13,17,20-22H,1-2,4,16H2,(H,24,25)(H,18,19,23)/t7-,8+,10-,12+,13-/m0/s1. The maximum atomic E-state index is 11.8. The maximum Gasteiger partial charge on any atom is 0.320 e. The number of H-pyrrole nitrogens is 2. The van der Waals surface area contributed by atoms with Crippen molar-refractivity contribution < 1.29 is 20.1 Å². The Morgan fingerprint density at radius 1 is 1.35 bits per heavy atom. The molecule has 8 N–H and O–H groups in total. The van der Waals surface area contributed by atoms with Crippen molar-refractivity contribution in [3.05, 3.63) is 28.4 Å². The van der Waals surface area contributed by atoms with E-state index >= 15 is 0 Å². The van der Waals surface area contributed by atoms with E-state index in [1.807, 2.05) is 0 Å². The number of carbonyl (C=O) groups is 1. The predicted octanol–water partition coefficient (Wildman–Crippen LogP) is -1.48. The lowest BCUT2D eigenvalue weighted by atomic mass is 10.0. The molecule has 2 aromatic heterocycles. The molecule has 0 unspecified atom stereocenters. The Morgan fingerprint density at radius 3 is 2.85 bits per heavy atom. The molecule has 0 spiro atoms. The number of carboxylic acid groups (broad SMARTS) is 1. The maximum absolute atomic E-state index is 11.8. The number of thioether (sulfide) groups is 1. The van der Waals surface area contributed by atoms with Crippen LogP contribution >= 0.6 is 11.8 Å². The molecule has 0 saturated carbocycles. The number of hydrogen-bond donors (Lipinski definition) is 7. The highest BCUT2D eigenvalue weighted by molar-refractivity contribution is 7.99. The second-order valence-corrected chi connectivity index (χ2v) is 7.39. The number of aromatic nitrogens is 3. The zero-order chi connectivity index (χ0) is 18.8. The third-order valence-corrected chi connectivity index (χ3v) is 5.64. The van der Waals surface area contributed by atoms with E-state index in [1.165, 1.54) is 18.1 Å². The number of fused-ring (bicyclic) bond motifs is 1. The summed E-state index contributed by atoms with van der Waals surface area (Å²) >= 11 is 1.45. The second-order valence-electron chi connectivity index (χ2n) is 6.24. The van der Waals surface area contributed by atoms with Crippen LogP contribution in [0.15, 0.2) is 17.3 Å². The van der Waals surface area contributed by atoms with Crippen molar-refractivity contribution in [1.29, 1.82) is 0 Å². The molecule has 3 rings (SSSR count). The van der Waals surface area contributed by atoms with Gasteiger partial charge >= 0.3 is 5.97 Å². The molecule has 1 fully saturated rings. The van der Waals surface area contributed by atoms with Crippen molar-refractivity contribution in [1.82, 2.24) is 20.3 Å². The first-order valence-corrected chi connectivity index (χ1v) is 9.28. The van der Waals surface area contributed by atoms with Crippen LogP contribution in [0.5, 0.6) is 0 Å². The highest BCUT2D eigenvalue weighted by atomic mass is 32.2. The van der Waals surface area contributed by atoms with Crippen molar-refractivity contribution in [2.75, 3.05) is 11.5 Å². The first-order valence-electron chi connectivity index (χ1n) is 8.13. The summed E-state index contributed by atoms with van der Waals surface area (Å²) in [6, 6.07) is -1.86. The highest BCUT2D eigenvalue weighted by Crippen LogP contribution is 2.31. The average Bonchev–Trinajstić information content (AvgIpc) is 3.15. The van der Waals surface area contributed by atoms with Crippen LogP contribution in [0.1, 0.15) is 18.0 Å². The Morgan fingerprint density at radius 2 is 2.12 bits per heavy atom. The number of aliphatic hydroxyl groups is 2. The van der Waals surface area contributed by atoms with Gasteiger partial charge in [0.05, 0.1) is 18.5 Å². The van der Waals surface area contributed by atoms with Gasteiger partial charge in [-0.05, 0) is 12.2 Å².